The van der Waals surface area contributed by atoms with Gasteiger partial charge in [0.05, 0.1) is 23.4 Å². The molecule has 0 fully saturated rings. The molecule has 4 heterocycles. The molecule has 2 amide bonds. The molecular formula is C18H17N3O3S2. The maximum atomic E-state index is 12.8. The van der Waals surface area contributed by atoms with Crippen molar-refractivity contribution in [2.24, 2.45) is 0 Å². The van der Waals surface area contributed by atoms with E-state index in [9.17, 15) is 9.59 Å². The number of carbonyl (C=O) groups is 2. The van der Waals surface area contributed by atoms with E-state index in [2.05, 4.69) is 10.3 Å². The summed E-state index contributed by atoms with van der Waals surface area (Å²) in [5, 5.41) is 7.10. The van der Waals surface area contributed by atoms with Gasteiger partial charge >= 0.3 is 0 Å². The summed E-state index contributed by atoms with van der Waals surface area (Å²) in [4.78, 5) is 32.3. The number of nitrogens with zero attached hydrogens (tertiary/aromatic N) is 2. The van der Waals surface area contributed by atoms with Crippen LogP contribution < -0.4 is 5.32 Å². The zero-order valence-corrected chi connectivity index (χ0v) is 16.0. The predicted molar refractivity (Wildman–Crippen MR) is 101 cm³/mol. The third kappa shape index (κ3) is 3.17. The number of thiophene rings is 1. The molecular weight excluding hydrogens is 370 g/mol. The fourth-order valence-corrected chi connectivity index (χ4v) is 4.65. The number of nitrogens with one attached hydrogen (secondary N) is 1. The Balaban J connectivity index is 1.49. The van der Waals surface area contributed by atoms with E-state index in [1.165, 1.54) is 22.7 Å². The second-order valence-electron chi connectivity index (χ2n) is 6.16. The molecule has 8 heteroatoms. The molecule has 0 bridgehead atoms. The van der Waals surface area contributed by atoms with Crippen LogP contribution in [0.5, 0.6) is 0 Å². The van der Waals surface area contributed by atoms with Crippen molar-refractivity contribution in [1.82, 2.24) is 9.88 Å². The number of amides is 2. The minimum atomic E-state index is -0.158. The third-order valence-electron chi connectivity index (χ3n) is 4.29. The van der Waals surface area contributed by atoms with E-state index in [-0.39, 0.29) is 11.8 Å². The standard InChI is InChI=1S/C18H17N3O3S2/c1-10-7-13(11(2)24-10)17(23)21-5-3-14-15(8-21)26-18(19-14)20-16(22)12-4-6-25-9-12/h4,6-7,9H,3,5,8H2,1-2H3,(H,19,20,22). The smallest absolute Gasteiger partial charge is 0.258 e. The van der Waals surface area contributed by atoms with E-state index in [0.717, 1.165) is 16.3 Å². The molecule has 0 saturated heterocycles. The number of hydrogen-bond donors (Lipinski definition) is 1. The number of rotatable bonds is 3. The molecule has 3 aromatic heterocycles. The average molecular weight is 387 g/mol. The van der Waals surface area contributed by atoms with Crippen molar-refractivity contribution in [2.45, 2.75) is 26.8 Å². The molecule has 0 aliphatic carbocycles. The fraction of sp³-hybridized carbons (Fsp3) is 0.278. The van der Waals surface area contributed by atoms with Crippen LogP contribution in [-0.4, -0.2) is 28.2 Å². The Morgan fingerprint density at radius 3 is 2.88 bits per heavy atom. The quantitative estimate of drug-likeness (QED) is 0.740. The summed E-state index contributed by atoms with van der Waals surface area (Å²) in [6.45, 7) is 4.76. The Labute approximate surface area is 158 Å². The summed E-state index contributed by atoms with van der Waals surface area (Å²) in [5.41, 5.74) is 2.20. The van der Waals surface area contributed by atoms with E-state index in [1.54, 1.807) is 24.4 Å². The van der Waals surface area contributed by atoms with Gasteiger partial charge in [0.1, 0.15) is 11.5 Å². The molecule has 1 N–H and O–H groups in total. The Bertz CT molecular complexity index is 972. The molecule has 1 aliphatic rings. The van der Waals surface area contributed by atoms with Crippen LogP contribution in [-0.2, 0) is 13.0 Å². The lowest BCUT2D eigenvalue weighted by Gasteiger charge is -2.25. The maximum absolute atomic E-state index is 12.8. The Kier molecular flexibility index (Phi) is 4.37. The lowest BCUT2D eigenvalue weighted by molar-refractivity contribution is 0.0734. The highest BCUT2D eigenvalue weighted by Crippen LogP contribution is 2.30. The molecule has 0 radical (unpaired) electrons. The van der Waals surface area contributed by atoms with Gasteiger partial charge in [-0.3, -0.25) is 14.9 Å². The van der Waals surface area contributed by atoms with Crippen LogP contribution in [0.1, 0.15) is 42.8 Å². The van der Waals surface area contributed by atoms with Gasteiger partial charge in [0.15, 0.2) is 5.13 Å². The highest BCUT2D eigenvalue weighted by Gasteiger charge is 2.27. The topological polar surface area (TPSA) is 75.4 Å². The van der Waals surface area contributed by atoms with Crippen LogP contribution >= 0.6 is 22.7 Å². The first-order chi connectivity index (χ1) is 12.5. The van der Waals surface area contributed by atoms with Gasteiger partial charge in [0, 0.05) is 23.2 Å². The fourth-order valence-electron chi connectivity index (χ4n) is 3.00. The van der Waals surface area contributed by atoms with Gasteiger partial charge in [-0.05, 0) is 31.4 Å². The lowest BCUT2D eigenvalue weighted by atomic mass is 10.1. The van der Waals surface area contributed by atoms with Gasteiger partial charge in [0.25, 0.3) is 11.8 Å². The van der Waals surface area contributed by atoms with Crippen LogP contribution in [0.25, 0.3) is 0 Å². The average Bonchev–Trinajstić information content (AvgIpc) is 3.32. The summed E-state index contributed by atoms with van der Waals surface area (Å²) in [7, 11) is 0. The highest BCUT2D eigenvalue weighted by atomic mass is 32.1. The number of aryl methyl sites for hydroxylation is 2. The molecule has 134 valence electrons. The van der Waals surface area contributed by atoms with Crippen molar-refractivity contribution < 1.29 is 14.0 Å². The van der Waals surface area contributed by atoms with Crippen molar-refractivity contribution in [3.63, 3.8) is 0 Å². The first kappa shape index (κ1) is 17.0. The van der Waals surface area contributed by atoms with Crippen LogP contribution in [0.3, 0.4) is 0 Å². The number of fused-ring (bicyclic) bond motifs is 1. The molecule has 0 spiro atoms. The van der Waals surface area contributed by atoms with Crippen molar-refractivity contribution in [3.8, 4) is 0 Å². The number of aromatic nitrogens is 1. The number of hydrogen-bond acceptors (Lipinski definition) is 6. The predicted octanol–water partition coefficient (Wildman–Crippen LogP) is 3.87. The Morgan fingerprint density at radius 1 is 1.35 bits per heavy atom. The molecule has 3 aromatic rings. The molecule has 0 atom stereocenters. The van der Waals surface area contributed by atoms with Crippen LogP contribution in [0.2, 0.25) is 0 Å². The maximum Gasteiger partial charge on any atom is 0.258 e. The highest BCUT2D eigenvalue weighted by molar-refractivity contribution is 7.16. The molecule has 4 rings (SSSR count). The summed E-state index contributed by atoms with van der Waals surface area (Å²) < 4.78 is 5.48. The zero-order chi connectivity index (χ0) is 18.3. The lowest BCUT2D eigenvalue weighted by Crippen LogP contribution is -2.35. The van der Waals surface area contributed by atoms with E-state index in [4.69, 9.17) is 4.42 Å². The number of carbonyl (C=O) groups excluding carboxylic acids is 2. The monoisotopic (exact) mass is 387 g/mol. The van der Waals surface area contributed by atoms with Crippen LogP contribution in [0.15, 0.2) is 27.3 Å². The Morgan fingerprint density at radius 2 is 2.19 bits per heavy atom. The van der Waals surface area contributed by atoms with Gasteiger partial charge in [0.2, 0.25) is 0 Å². The summed E-state index contributed by atoms with van der Waals surface area (Å²) >= 11 is 2.91. The van der Waals surface area contributed by atoms with E-state index >= 15 is 0 Å². The second-order valence-corrected chi connectivity index (χ2v) is 8.02. The largest absolute Gasteiger partial charge is 0.466 e. The van der Waals surface area contributed by atoms with Crippen LogP contribution in [0.4, 0.5) is 5.13 Å². The summed E-state index contributed by atoms with van der Waals surface area (Å²) in [6.07, 6.45) is 0.682. The Hall–Kier alpha value is -2.45. The van der Waals surface area contributed by atoms with E-state index in [1.807, 2.05) is 17.2 Å². The van der Waals surface area contributed by atoms with Gasteiger partial charge in [-0.25, -0.2) is 4.98 Å². The molecule has 6 nitrogen and oxygen atoms in total. The first-order valence-corrected chi connectivity index (χ1v) is 9.95. The first-order valence-electron chi connectivity index (χ1n) is 8.19. The normalized spacial score (nSPS) is 13.5. The second kappa shape index (κ2) is 6.69. The van der Waals surface area contributed by atoms with Crippen molar-refractivity contribution >= 4 is 39.6 Å². The molecule has 26 heavy (non-hydrogen) atoms. The van der Waals surface area contributed by atoms with E-state index < -0.39 is 0 Å². The van der Waals surface area contributed by atoms with Gasteiger partial charge < -0.3 is 9.32 Å². The van der Waals surface area contributed by atoms with Crippen molar-refractivity contribution in [2.75, 3.05) is 11.9 Å². The molecule has 0 unspecified atom stereocenters. The van der Waals surface area contributed by atoms with Crippen LogP contribution in [0, 0.1) is 13.8 Å². The molecule has 0 aromatic carbocycles. The minimum absolute atomic E-state index is 0.0257. The minimum Gasteiger partial charge on any atom is -0.466 e. The van der Waals surface area contributed by atoms with E-state index in [0.29, 0.717) is 41.5 Å². The van der Waals surface area contributed by atoms with Gasteiger partial charge in [-0.15, -0.1) is 0 Å². The third-order valence-corrected chi connectivity index (χ3v) is 5.97. The van der Waals surface area contributed by atoms with Crippen molar-refractivity contribution in [3.05, 3.63) is 56.1 Å². The van der Waals surface area contributed by atoms with Gasteiger partial charge in [-0.1, -0.05) is 11.3 Å². The van der Waals surface area contributed by atoms with Gasteiger partial charge in [-0.2, -0.15) is 11.3 Å². The number of anilines is 1. The number of furan rings is 1. The van der Waals surface area contributed by atoms with Crippen molar-refractivity contribution in [1.29, 1.82) is 0 Å². The summed E-state index contributed by atoms with van der Waals surface area (Å²) in [5.74, 6) is 1.20. The molecule has 0 saturated carbocycles. The summed E-state index contributed by atoms with van der Waals surface area (Å²) in [6, 6.07) is 3.56. The zero-order valence-electron chi connectivity index (χ0n) is 14.4. The SMILES string of the molecule is Cc1cc(C(=O)N2CCc3nc(NC(=O)c4ccsc4)sc3C2)c(C)o1. The number of thiazole rings is 1. The molecule has 1 aliphatic heterocycles.